The normalized spacial score (nSPS) is 14.5. The fourth-order valence-electron chi connectivity index (χ4n) is 3.18. The fourth-order valence-corrected chi connectivity index (χ4v) is 4.24. The Balaban J connectivity index is 1.30. The van der Waals surface area contributed by atoms with Crippen molar-refractivity contribution in [3.63, 3.8) is 0 Å². The van der Waals surface area contributed by atoms with Crippen molar-refractivity contribution in [1.29, 1.82) is 0 Å². The SMILES string of the molecule is O=C1S/C(=C\c2cccc(OCCOc3ccccc3)c2)C(=O)N1CCOc1ccccc1Cl. The van der Waals surface area contributed by atoms with Crippen LogP contribution in [0.15, 0.2) is 83.8 Å². The van der Waals surface area contributed by atoms with Gasteiger partial charge in [0.2, 0.25) is 0 Å². The monoisotopic (exact) mass is 495 g/mol. The third-order valence-electron chi connectivity index (χ3n) is 4.80. The third kappa shape index (κ3) is 6.34. The first-order valence-electron chi connectivity index (χ1n) is 10.6. The van der Waals surface area contributed by atoms with E-state index in [2.05, 4.69) is 0 Å². The number of amides is 2. The molecule has 6 nitrogen and oxygen atoms in total. The van der Waals surface area contributed by atoms with Gasteiger partial charge in [-0.05, 0) is 59.8 Å². The van der Waals surface area contributed by atoms with E-state index in [1.807, 2.05) is 54.6 Å². The van der Waals surface area contributed by atoms with Crippen LogP contribution in [0, 0.1) is 0 Å². The Morgan fingerprint density at radius 1 is 0.794 bits per heavy atom. The molecule has 1 fully saturated rings. The highest BCUT2D eigenvalue weighted by molar-refractivity contribution is 8.18. The summed E-state index contributed by atoms with van der Waals surface area (Å²) in [6, 6.07) is 23.9. The lowest BCUT2D eigenvalue weighted by Gasteiger charge is -2.13. The van der Waals surface area contributed by atoms with Crippen molar-refractivity contribution in [2.45, 2.75) is 0 Å². The number of rotatable bonds is 10. The van der Waals surface area contributed by atoms with Crippen molar-refractivity contribution >= 4 is 40.6 Å². The van der Waals surface area contributed by atoms with Gasteiger partial charge in [-0.3, -0.25) is 14.5 Å². The molecule has 0 bridgehead atoms. The van der Waals surface area contributed by atoms with Gasteiger partial charge < -0.3 is 14.2 Å². The summed E-state index contributed by atoms with van der Waals surface area (Å²) in [6.07, 6.45) is 1.69. The maximum absolute atomic E-state index is 12.7. The summed E-state index contributed by atoms with van der Waals surface area (Å²) in [6.45, 7) is 1.07. The van der Waals surface area contributed by atoms with Crippen LogP contribution in [-0.4, -0.2) is 42.4 Å². The molecule has 34 heavy (non-hydrogen) atoms. The smallest absolute Gasteiger partial charge is 0.293 e. The molecule has 0 aromatic heterocycles. The number of para-hydroxylation sites is 2. The second-order valence-electron chi connectivity index (χ2n) is 7.19. The van der Waals surface area contributed by atoms with E-state index in [-0.39, 0.29) is 24.3 Å². The number of halogens is 1. The summed E-state index contributed by atoms with van der Waals surface area (Å²) in [5.41, 5.74) is 0.763. The molecule has 0 spiro atoms. The number of hydrogen-bond donors (Lipinski definition) is 0. The van der Waals surface area contributed by atoms with Crippen molar-refractivity contribution in [3.05, 3.63) is 94.4 Å². The fraction of sp³-hybridized carbons (Fsp3) is 0.154. The molecule has 174 valence electrons. The van der Waals surface area contributed by atoms with Crippen molar-refractivity contribution in [2.24, 2.45) is 0 Å². The second kappa shape index (κ2) is 11.6. The largest absolute Gasteiger partial charge is 0.490 e. The van der Waals surface area contributed by atoms with E-state index in [4.69, 9.17) is 25.8 Å². The van der Waals surface area contributed by atoms with Crippen molar-refractivity contribution in [1.82, 2.24) is 4.90 Å². The standard InChI is InChI=1S/C26H22ClNO5S/c27-22-11-4-5-12-23(22)33-14-13-28-25(29)24(34-26(28)30)18-19-7-6-10-21(17-19)32-16-15-31-20-8-2-1-3-9-20/h1-12,17-18H,13-16H2/b24-18-. The molecule has 3 aromatic carbocycles. The highest BCUT2D eigenvalue weighted by Crippen LogP contribution is 2.32. The first-order chi connectivity index (χ1) is 16.6. The van der Waals surface area contributed by atoms with Crippen molar-refractivity contribution in [3.8, 4) is 17.2 Å². The summed E-state index contributed by atoms with van der Waals surface area (Å²) < 4.78 is 17.0. The van der Waals surface area contributed by atoms with Crippen LogP contribution in [0.4, 0.5) is 4.79 Å². The molecule has 1 heterocycles. The van der Waals surface area contributed by atoms with Crippen LogP contribution in [0.25, 0.3) is 6.08 Å². The Morgan fingerprint density at radius 2 is 1.50 bits per heavy atom. The Labute approximate surface area is 207 Å². The van der Waals surface area contributed by atoms with Crippen LogP contribution in [-0.2, 0) is 4.79 Å². The third-order valence-corrected chi connectivity index (χ3v) is 6.02. The van der Waals surface area contributed by atoms with Crippen LogP contribution in [0.1, 0.15) is 5.56 Å². The van der Waals surface area contributed by atoms with E-state index < -0.39 is 0 Å². The van der Waals surface area contributed by atoms with Gasteiger partial charge in [-0.15, -0.1) is 0 Å². The molecule has 0 aliphatic carbocycles. The zero-order valence-electron chi connectivity index (χ0n) is 18.2. The highest BCUT2D eigenvalue weighted by Gasteiger charge is 2.34. The first-order valence-corrected chi connectivity index (χ1v) is 11.8. The lowest BCUT2D eigenvalue weighted by Crippen LogP contribution is -2.32. The molecule has 1 aliphatic heterocycles. The summed E-state index contributed by atoms with van der Waals surface area (Å²) in [5.74, 6) is 1.60. The van der Waals surface area contributed by atoms with Gasteiger partial charge in [-0.25, -0.2) is 0 Å². The van der Waals surface area contributed by atoms with Crippen molar-refractivity contribution < 1.29 is 23.8 Å². The number of thioether (sulfide) groups is 1. The van der Waals surface area contributed by atoms with E-state index in [0.29, 0.717) is 34.6 Å². The number of ether oxygens (including phenoxy) is 3. The van der Waals surface area contributed by atoms with E-state index in [1.54, 1.807) is 30.3 Å². The van der Waals surface area contributed by atoms with Gasteiger partial charge in [0.25, 0.3) is 11.1 Å². The summed E-state index contributed by atoms with van der Waals surface area (Å²) in [5, 5.41) is 0.148. The molecular weight excluding hydrogens is 474 g/mol. The molecule has 8 heteroatoms. The average molecular weight is 496 g/mol. The first kappa shape index (κ1) is 23.7. The number of benzene rings is 3. The molecule has 3 aromatic rings. The Kier molecular flexibility index (Phi) is 8.12. The highest BCUT2D eigenvalue weighted by atomic mass is 35.5. The van der Waals surface area contributed by atoms with E-state index in [1.165, 1.54) is 4.90 Å². The topological polar surface area (TPSA) is 65.1 Å². The number of nitrogens with zero attached hydrogens (tertiary/aromatic N) is 1. The summed E-state index contributed by atoms with van der Waals surface area (Å²) in [7, 11) is 0. The quantitative estimate of drug-likeness (QED) is 0.257. The second-order valence-corrected chi connectivity index (χ2v) is 8.60. The van der Waals surface area contributed by atoms with Crippen LogP contribution in [0.5, 0.6) is 17.2 Å². The molecular formula is C26H22ClNO5S. The number of carbonyl (C=O) groups is 2. The molecule has 0 atom stereocenters. The lowest BCUT2D eigenvalue weighted by molar-refractivity contribution is -0.123. The van der Waals surface area contributed by atoms with Crippen LogP contribution in [0.2, 0.25) is 5.02 Å². The Hall–Kier alpha value is -3.42. The molecule has 0 saturated carbocycles. The molecule has 1 saturated heterocycles. The van der Waals surface area contributed by atoms with E-state index in [9.17, 15) is 9.59 Å². The maximum atomic E-state index is 12.7. The number of carbonyl (C=O) groups excluding carboxylic acids is 2. The van der Waals surface area contributed by atoms with E-state index in [0.717, 1.165) is 23.1 Å². The van der Waals surface area contributed by atoms with Gasteiger partial charge in [0.15, 0.2) is 0 Å². The number of hydrogen-bond acceptors (Lipinski definition) is 6. The van der Waals surface area contributed by atoms with E-state index >= 15 is 0 Å². The van der Waals surface area contributed by atoms with Crippen LogP contribution in [0.3, 0.4) is 0 Å². The molecule has 4 rings (SSSR count). The van der Waals surface area contributed by atoms with Crippen molar-refractivity contribution in [2.75, 3.05) is 26.4 Å². The van der Waals surface area contributed by atoms with Gasteiger partial charge in [-0.2, -0.15) is 0 Å². The molecule has 2 amide bonds. The average Bonchev–Trinajstić information content (AvgIpc) is 3.11. The maximum Gasteiger partial charge on any atom is 0.293 e. The van der Waals surface area contributed by atoms with Gasteiger partial charge in [0.05, 0.1) is 16.5 Å². The molecule has 0 radical (unpaired) electrons. The molecule has 0 N–H and O–H groups in total. The predicted octanol–water partition coefficient (Wildman–Crippen LogP) is 5.91. The zero-order chi connectivity index (χ0) is 23.8. The van der Waals surface area contributed by atoms with Crippen LogP contribution >= 0.6 is 23.4 Å². The summed E-state index contributed by atoms with van der Waals surface area (Å²) >= 11 is 6.98. The molecule has 1 aliphatic rings. The lowest BCUT2D eigenvalue weighted by atomic mass is 10.2. The van der Waals surface area contributed by atoms with Gasteiger partial charge in [0, 0.05) is 0 Å². The predicted molar refractivity (Wildman–Crippen MR) is 133 cm³/mol. The number of imide groups is 1. The van der Waals surface area contributed by atoms with Gasteiger partial charge >= 0.3 is 0 Å². The minimum absolute atomic E-state index is 0.137. The van der Waals surface area contributed by atoms with Gasteiger partial charge in [0.1, 0.15) is 37.1 Å². The minimum Gasteiger partial charge on any atom is -0.490 e. The zero-order valence-corrected chi connectivity index (χ0v) is 19.8. The Morgan fingerprint density at radius 3 is 2.29 bits per heavy atom. The van der Waals surface area contributed by atoms with Crippen LogP contribution < -0.4 is 14.2 Å². The molecule has 0 unspecified atom stereocenters. The Bertz CT molecular complexity index is 1180. The minimum atomic E-state index is -0.347. The van der Waals surface area contributed by atoms with Gasteiger partial charge in [-0.1, -0.05) is 54.1 Å². The summed E-state index contributed by atoms with van der Waals surface area (Å²) in [4.78, 5) is 26.6.